The third kappa shape index (κ3) is 2.93. The van der Waals surface area contributed by atoms with Gasteiger partial charge in [0.15, 0.2) is 0 Å². The molecule has 5 heteroatoms. The molecule has 0 aliphatic heterocycles. The molecule has 0 N–H and O–H groups in total. The van der Waals surface area contributed by atoms with E-state index in [1.165, 1.54) is 6.07 Å². The zero-order valence-corrected chi connectivity index (χ0v) is 8.45. The summed E-state index contributed by atoms with van der Waals surface area (Å²) in [4.78, 5) is 10.6. The molecule has 1 atom stereocenters. The van der Waals surface area contributed by atoms with Crippen molar-refractivity contribution in [2.75, 3.05) is 0 Å². The number of alkyl halides is 1. The lowest BCUT2D eigenvalue weighted by atomic mass is 10.1. The lowest BCUT2D eigenvalue weighted by Crippen LogP contribution is -2.12. The van der Waals surface area contributed by atoms with Gasteiger partial charge in [0.05, 0.1) is 0 Å². The fraction of sp³-hybridized carbons (Fsp3) is 0.222. The molecule has 1 aromatic carbocycles. The van der Waals surface area contributed by atoms with Crippen molar-refractivity contribution in [2.24, 2.45) is 0 Å². The van der Waals surface area contributed by atoms with E-state index in [1.54, 1.807) is 0 Å². The third-order valence-electron chi connectivity index (χ3n) is 1.66. The molecule has 1 rings (SSSR count). The van der Waals surface area contributed by atoms with Crippen molar-refractivity contribution >= 4 is 28.4 Å². The molecule has 0 radical (unpaired) electrons. The summed E-state index contributed by atoms with van der Waals surface area (Å²) in [6, 6.07) is 3.07. The maximum Gasteiger partial charge on any atom is 0.239 e. The van der Waals surface area contributed by atoms with E-state index in [0.29, 0.717) is 0 Å². The van der Waals surface area contributed by atoms with E-state index in [-0.39, 0.29) is 12.0 Å². The first-order chi connectivity index (χ1) is 6.50. The van der Waals surface area contributed by atoms with E-state index in [4.69, 9.17) is 23.2 Å². The minimum absolute atomic E-state index is 0.0456. The van der Waals surface area contributed by atoms with E-state index < -0.39 is 22.3 Å². The second-order valence-electron chi connectivity index (χ2n) is 2.71. The summed E-state index contributed by atoms with van der Waals surface area (Å²) < 4.78 is 25.5. The lowest BCUT2D eigenvalue weighted by molar-refractivity contribution is -0.111. The van der Waals surface area contributed by atoms with Gasteiger partial charge >= 0.3 is 0 Å². The highest BCUT2D eigenvalue weighted by Gasteiger charge is 2.15. The number of halogens is 4. The van der Waals surface area contributed by atoms with Gasteiger partial charge in [-0.15, -0.1) is 11.6 Å². The summed E-state index contributed by atoms with van der Waals surface area (Å²) in [5.41, 5.74) is 0.167. The Balaban J connectivity index is 2.82. The maximum atomic E-state index is 13.0. The van der Waals surface area contributed by atoms with Crippen LogP contribution >= 0.6 is 23.2 Å². The molecule has 0 aromatic heterocycles. The number of carbonyl (C=O) groups is 1. The van der Waals surface area contributed by atoms with E-state index in [2.05, 4.69) is 0 Å². The normalized spacial score (nSPS) is 12.6. The summed E-state index contributed by atoms with van der Waals surface area (Å²) in [5, 5.41) is -1.74. The van der Waals surface area contributed by atoms with Crippen LogP contribution in [-0.2, 0) is 11.2 Å². The van der Waals surface area contributed by atoms with Crippen LogP contribution in [0.2, 0.25) is 0 Å². The van der Waals surface area contributed by atoms with Gasteiger partial charge in [0, 0.05) is 6.07 Å². The van der Waals surface area contributed by atoms with Crippen LogP contribution in [0.4, 0.5) is 8.78 Å². The molecular formula is C9H6Cl2F2O. The molecule has 0 bridgehead atoms. The number of hydrogen-bond acceptors (Lipinski definition) is 1. The van der Waals surface area contributed by atoms with Crippen LogP contribution < -0.4 is 0 Å². The summed E-state index contributed by atoms with van der Waals surface area (Å²) in [7, 11) is 0. The fourth-order valence-electron chi connectivity index (χ4n) is 0.961. The van der Waals surface area contributed by atoms with Gasteiger partial charge in [-0.25, -0.2) is 8.78 Å². The molecule has 0 amide bonds. The first kappa shape index (κ1) is 11.4. The summed E-state index contributed by atoms with van der Waals surface area (Å²) in [6.07, 6.45) is -0.0456. The first-order valence-electron chi connectivity index (χ1n) is 3.78. The molecule has 0 saturated heterocycles. The Labute approximate surface area is 89.6 Å². The topological polar surface area (TPSA) is 17.1 Å². The molecular weight excluding hydrogens is 233 g/mol. The summed E-state index contributed by atoms with van der Waals surface area (Å²) in [5.74, 6) is -1.40. The second-order valence-corrected chi connectivity index (χ2v) is 3.61. The van der Waals surface area contributed by atoms with Gasteiger partial charge in [0.25, 0.3) is 0 Å². The highest BCUT2D eigenvalue weighted by molar-refractivity contribution is 6.69. The van der Waals surface area contributed by atoms with Crippen LogP contribution in [0.25, 0.3) is 0 Å². The Morgan fingerprint density at radius 1 is 1.43 bits per heavy atom. The monoisotopic (exact) mass is 238 g/mol. The molecule has 0 fully saturated rings. The number of carbonyl (C=O) groups excluding carboxylic acids is 1. The Bertz CT molecular complexity index is 355. The molecule has 76 valence electrons. The van der Waals surface area contributed by atoms with Crippen molar-refractivity contribution in [2.45, 2.75) is 11.8 Å². The lowest BCUT2D eigenvalue weighted by Gasteiger charge is -2.05. The van der Waals surface area contributed by atoms with E-state index in [9.17, 15) is 13.6 Å². The van der Waals surface area contributed by atoms with Gasteiger partial charge in [0.2, 0.25) is 5.24 Å². The first-order valence-corrected chi connectivity index (χ1v) is 4.59. The average Bonchev–Trinajstić information content (AvgIpc) is 2.09. The zero-order valence-electron chi connectivity index (χ0n) is 6.94. The number of hydrogen-bond donors (Lipinski definition) is 0. The van der Waals surface area contributed by atoms with Crippen molar-refractivity contribution < 1.29 is 13.6 Å². The maximum absolute atomic E-state index is 13.0. The Morgan fingerprint density at radius 3 is 2.57 bits per heavy atom. The van der Waals surface area contributed by atoms with Crippen molar-refractivity contribution in [1.29, 1.82) is 0 Å². The quantitative estimate of drug-likeness (QED) is 0.585. The van der Waals surface area contributed by atoms with Gasteiger partial charge < -0.3 is 0 Å². The van der Waals surface area contributed by atoms with Crippen molar-refractivity contribution in [3.05, 3.63) is 35.4 Å². The summed E-state index contributed by atoms with van der Waals surface area (Å²) >= 11 is 10.6. The number of rotatable bonds is 3. The summed E-state index contributed by atoms with van der Waals surface area (Å²) in [6.45, 7) is 0. The van der Waals surface area contributed by atoms with Gasteiger partial charge in [-0.05, 0) is 29.7 Å². The van der Waals surface area contributed by atoms with Crippen LogP contribution in [0.15, 0.2) is 18.2 Å². The Hall–Kier alpha value is -0.670. The van der Waals surface area contributed by atoms with Crippen LogP contribution in [0, 0.1) is 11.6 Å². The van der Waals surface area contributed by atoms with Crippen LogP contribution in [0.5, 0.6) is 0 Å². The van der Waals surface area contributed by atoms with Gasteiger partial charge in [-0.2, -0.15) is 0 Å². The molecule has 1 aromatic rings. The zero-order chi connectivity index (χ0) is 10.7. The molecule has 1 unspecified atom stereocenters. The Morgan fingerprint density at radius 2 is 2.07 bits per heavy atom. The minimum atomic E-state index is -0.989. The fourth-order valence-corrected chi connectivity index (χ4v) is 1.20. The SMILES string of the molecule is O=C(Cl)C(Cl)Cc1ccc(F)cc1F. The smallest absolute Gasteiger partial charge is 0.239 e. The highest BCUT2D eigenvalue weighted by atomic mass is 35.5. The van der Waals surface area contributed by atoms with E-state index in [1.807, 2.05) is 0 Å². The van der Waals surface area contributed by atoms with Crippen LogP contribution in [0.3, 0.4) is 0 Å². The second kappa shape index (κ2) is 4.71. The molecule has 0 aliphatic carbocycles. The van der Waals surface area contributed by atoms with Gasteiger partial charge in [0.1, 0.15) is 17.0 Å². The number of benzene rings is 1. The highest BCUT2D eigenvalue weighted by Crippen LogP contribution is 2.15. The van der Waals surface area contributed by atoms with Crippen LogP contribution in [-0.4, -0.2) is 10.6 Å². The molecule has 1 nitrogen and oxygen atoms in total. The third-order valence-corrected chi connectivity index (χ3v) is 2.39. The van der Waals surface area contributed by atoms with Crippen LogP contribution in [0.1, 0.15) is 5.56 Å². The van der Waals surface area contributed by atoms with Gasteiger partial charge in [-0.1, -0.05) is 6.07 Å². The van der Waals surface area contributed by atoms with Crippen molar-refractivity contribution in [3.63, 3.8) is 0 Å². The standard InChI is InChI=1S/C9H6Cl2F2O/c10-7(9(11)14)3-5-1-2-6(12)4-8(5)13/h1-2,4,7H,3H2. The van der Waals surface area contributed by atoms with E-state index >= 15 is 0 Å². The Kier molecular flexibility index (Phi) is 3.84. The molecule has 0 spiro atoms. The largest absolute Gasteiger partial charge is 0.280 e. The van der Waals surface area contributed by atoms with Gasteiger partial charge in [-0.3, -0.25) is 4.79 Å². The predicted octanol–water partition coefficient (Wildman–Crippen LogP) is 2.88. The molecule has 14 heavy (non-hydrogen) atoms. The average molecular weight is 239 g/mol. The predicted molar refractivity (Wildman–Crippen MR) is 50.6 cm³/mol. The molecule has 0 saturated carbocycles. The minimum Gasteiger partial charge on any atom is -0.280 e. The van der Waals surface area contributed by atoms with E-state index in [0.717, 1.165) is 12.1 Å². The molecule has 0 aliphatic rings. The van der Waals surface area contributed by atoms with Crippen molar-refractivity contribution in [3.8, 4) is 0 Å². The van der Waals surface area contributed by atoms with Crippen molar-refractivity contribution in [1.82, 2.24) is 0 Å². The molecule has 0 heterocycles.